The minimum Gasteiger partial charge on any atom is -0.395 e. The van der Waals surface area contributed by atoms with E-state index >= 15 is 0 Å². The fourth-order valence-corrected chi connectivity index (χ4v) is 2.18. The first-order chi connectivity index (χ1) is 11.2. The Hall–Kier alpha value is -2.67. The Kier molecular flexibility index (Phi) is 4.38. The highest BCUT2D eigenvalue weighted by molar-refractivity contribution is 5.95. The van der Waals surface area contributed by atoms with Crippen LogP contribution in [0.3, 0.4) is 0 Å². The number of amides is 1. The lowest BCUT2D eigenvalue weighted by molar-refractivity contribution is 0.0951. The average Bonchev–Trinajstić information content (AvgIpc) is 3.36. The molecular formula is C16H19N5O2. The molecule has 5 N–H and O–H groups in total. The van der Waals surface area contributed by atoms with Gasteiger partial charge in [-0.25, -0.2) is 4.98 Å². The molecule has 1 heterocycles. The largest absolute Gasteiger partial charge is 0.395 e. The van der Waals surface area contributed by atoms with E-state index in [9.17, 15) is 4.79 Å². The van der Waals surface area contributed by atoms with Crippen LogP contribution in [0.1, 0.15) is 23.2 Å². The van der Waals surface area contributed by atoms with Crippen LogP contribution in [-0.2, 0) is 0 Å². The first-order valence-electron chi connectivity index (χ1n) is 7.56. The molecule has 7 nitrogen and oxygen atoms in total. The van der Waals surface area contributed by atoms with Crippen molar-refractivity contribution in [2.75, 3.05) is 24.2 Å². The van der Waals surface area contributed by atoms with E-state index in [-0.39, 0.29) is 18.5 Å². The van der Waals surface area contributed by atoms with Gasteiger partial charge in [0.05, 0.1) is 12.3 Å². The Labute approximate surface area is 134 Å². The van der Waals surface area contributed by atoms with Gasteiger partial charge in [-0.3, -0.25) is 4.79 Å². The van der Waals surface area contributed by atoms with Crippen LogP contribution in [0.5, 0.6) is 0 Å². The minimum absolute atomic E-state index is 0.00401. The first kappa shape index (κ1) is 15.2. The fourth-order valence-electron chi connectivity index (χ4n) is 2.18. The van der Waals surface area contributed by atoms with Gasteiger partial charge in [-0.2, -0.15) is 4.98 Å². The molecule has 1 fully saturated rings. The standard InChI is InChI=1S/C16H19N5O2/c17-16-20-13(9-14(21-16)18-7-8-22)10-1-3-11(4-2-10)15(23)19-12-5-6-12/h1-4,9,12,22H,5-8H2,(H,19,23)(H3,17,18,20,21). The Morgan fingerprint density at radius 2 is 2.00 bits per heavy atom. The molecule has 1 aromatic carbocycles. The van der Waals surface area contributed by atoms with Gasteiger partial charge in [-0.05, 0) is 25.0 Å². The molecular weight excluding hydrogens is 294 g/mol. The number of aromatic nitrogens is 2. The van der Waals surface area contributed by atoms with Gasteiger partial charge in [-0.15, -0.1) is 0 Å². The second-order valence-electron chi connectivity index (χ2n) is 5.47. The van der Waals surface area contributed by atoms with E-state index in [2.05, 4.69) is 20.6 Å². The van der Waals surface area contributed by atoms with E-state index in [0.29, 0.717) is 29.7 Å². The predicted molar refractivity (Wildman–Crippen MR) is 87.9 cm³/mol. The van der Waals surface area contributed by atoms with Crippen molar-refractivity contribution < 1.29 is 9.90 Å². The normalized spacial score (nSPS) is 13.6. The fraction of sp³-hybridized carbons (Fsp3) is 0.312. The van der Waals surface area contributed by atoms with Crippen molar-refractivity contribution in [3.8, 4) is 11.3 Å². The molecule has 2 aromatic rings. The maximum atomic E-state index is 12.0. The Balaban J connectivity index is 1.78. The summed E-state index contributed by atoms with van der Waals surface area (Å²) in [4.78, 5) is 20.3. The summed E-state index contributed by atoms with van der Waals surface area (Å²) in [7, 11) is 0. The van der Waals surface area contributed by atoms with Crippen molar-refractivity contribution in [2.45, 2.75) is 18.9 Å². The Morgan fingerprint density at radius 1 is 1.26 bits per heavy atom. The number of hydrogen-bond acceptors (Lipinski definition) is 6. The van der Waals surface area contributed by atoms with Gasteiger partial charge in [0.2, 0.25) is 5.95 Å². The number of aliphatic hydroxyl groups is 1. The zero-order chi connectivity index (χ0) is 16.2. The molecule has 0 aliphatic heterocycles. The SMILES string of the molecule is Nc1nc(NCCO)cc(-c2ccc(C(=O)NC3CC3)cc2)n1. The molecule has 1 aliphatic rings. The third-order valence-corrected chi connectivity index (χ3v) is 3.52. The lowest BCUT2D eigenvalue weighted by atomic mass is 10.1. The van der Waals surface area contributed by atoms with Gasteiger partial charge in [0.1, 0.15) is 5.82 Å². The average molecular weight is 313 g/mol. The van der Waals surface area contributed by atoms with Crippen molar-refractivity contribution in [1.82, 2.24) is 15.3 Å². The lowest BCUT2D eigenvalue weighted by Gasteiger charge is -2.08. The predicted octanol–water partition coefficient (Wildman–Crippen LogP) is 1.02. The molecule has 0 unspecified atom stereocenters. The van der Waals surface area contributed by atoms with Crippen molar-refractivity contribution in [3.05, 3.63) is 35.9 Å². The topological polar surface area (TPSA) is 113 Å². The van der Waals surface area contributed by atoms with E-state index in [1.807, 2.05) is 12.1 Å². The number of carbonyl (C=O) groups excluding carboxylic acids is 1. The number of aliphatic hydroxyl groups excluding tert-OH is 1. The molecule has 23 heavy (non-hydrogen) atoms. The van der Waals surface area contributed by atoms with Crippen LogP contribution in [0.15, 0.2) is 30.3 Å². The summed E-state index contributed by atoms with van der Waals surface area (Å²) in [6.07, 6.45) is 2.13. The molecule has 7 heteroatoms. The van der Waals surface area contributed by atoms with Crippen LogP contribution >= 0.6 is 0 Å². The number of rotatable bonds is 6. The third-order valence-electron chi connectivity index (χ3n) is 3.52. The molecule has 1 aliphatic carbocycles. The summed E-state index contributed by atoms with van der Waals surface area (Å²) in [5, 5.41) is 14.8. The zero-order valence-electron chi connectivity index (χ0n) is 12.6. The van der Waals surface area contributed by atoms with Gasteiger partial charge in [-0.1, -0.05) is 12.1 Å². The molecule has 1 amide bonds. The number of nitrogen functional groups attached to an aromatic ring is 1. The number of anilines is 2. The molecule has 0 spiro atoms. The maximum Gasteiger partial charge on any atom is 0.251 e. The van der Waals surface area contributed by atoms with E-state index in [1.54, 1.807) is 18.2 Å². The molecule has 0 atom stereocenters. The van der Waals surface area contributed by atoms with E-state index in [0.717, 1.165) is 18.4 Å². The summed E-state index contributed by atoms with van der Waals surface area (Å²) >= 11 is 0. The van der Waals surface area contributed by atoms with Crippen LogP contribution < -0.4 is 16.4 Å². The van der Waals surface area contributed by atoms with E-state index in [1.165, 1.54) is 0 Å². The molecule has 0 bridgehead atoms. The summed E-state index contributed by atoms with van der Waals surface area (Å²) in [6, 6.07) is 9.30. The minimum atomic E-state index is -0.0495. The first-order valence-corrected chi connectivity index (χ1v) is 7.56. The number of hydrogen-bond donors (Lipinski definition) is 4. The van der Waals surface area contributed by atoms with E-state index < -0.39 is 0 Å². The summed E-state index contributed by atoms with van der Waals surface area (Å²) in [5.41, 5.74) is 7.85. The third kappa shape index (κ3) is 3.95. The summed E-state index contributed by atoms with van der Waals surface area (Å²) in [5.74, 6) is 0.655. The number of benzene rings is 1. The molecule has 1 aromatic heterocycles. The molecule has 3 rings (SSSR count). The second-order valence-corrected chi connectivity index (χ2v) is 5.47. The van der Waals surface area contributed by atoms with Crippen LogP contribution in [0.25, 0.3) is 11.3 Å². The molecule has 120 valence electrons. The number of nitrogens with two attached hydrogens (primary N) is 1. The van der Waals surface area contributed by atoms with Gasteiger partial charge < -0.3 is 21.5 Å². The van der Waals surface area contributed by atoms with Gasteiger partial charge >= 0.3 is 0 Å². The molecule has 0 saturated heterocycles. The van der Waals surface area contributed by atoms with Crippen LogP contribution in [-0.4, -0.2) is 40.2 Å². The Morgan fingerprint density at radius 3 is 2.65 bits per heavy atom. The highest BCUT2D eigenvalue weighted by Gasteiger charge is 2.23. The van der Waals surface area contributed by atoms with Crippen molar-refractivity contribution in [2.24, 2.45) is 0 Å². The quantitative estimate of drug-likeness (QED) is 0.633. The van der Waals surface area contributed by atoms with Gasteiger partial charge in [0.15, 0.2) is 0 Å². The number of nitrogens with zero attached hydrogens (tertiary/aromatic N) is 2. The van der Waals surface area contributed by atoms with Gasteiger partial charge in [0, 0.05) is 29.8 Å². The highest BCUT2D eigenvalue weighted by atomic mass is 16.3. The molecule has 0 radical (unpaired) electrons. The smallest absolute Gasteiger partial charge is 0.251 e. The maximum absolute atomic E-state index is 12.0. The van der Waals surface area contributed by atoms with E-state index in [4.69, 9.17) is 10.8 Å². The van der Waals surface area contributed by atoms with Gasteiger partial charge in [0.25, 0.3) is 5.91 Å². The monoisotopic (exact) mass is 313 g/mol. The second kappa shape index (κ2) is 6.62. The highest BCUT2D eigenvalue weighted by Crippen LogP contribution is 2.22. The molecule has 1 saturated carbocycles. The number of nitrogens with one attached hydrogen (secondary N) is 2. The van der Waals surface area contributed by atoms with Crippen molar-refractivity contribution >= 4 is 17.7 Å². The Bertz CT molecular complexity index is 698. The van der Waals surface area contributed by atoms with Crippen molar-refractivity contribution in [1.29, 1.82) is 0 Å². The van der Waals surface area contributed by atoms with Crippen molar-refractivity contribution in [3.63, 3.8) is 0 Å². The number of carbonyl (C=O) groups is 1. The van der Waals surface area contributed by atoms with Crippen LogP contribution in [0.2, 0.25) is 0 Å². The lowest BCUT2D eigenvalue weighted by Crippen LogP contribution is -2.25. The summed E-state index contributed by atoms with van der Waals surface area (Å²) < 4.78 is 0. The zero-order valence-corrected chi connectivity index (χ0v) is 12.6. The summed E-state index contributed by atoms with van der Waals surface area (Å²) in [6.45, 7) is 0.389. The van der Waals surface area contributed by atoms with Crippen LogP contribution in [0, 0.1) is 0 Å². The van der Waals surface area contributed by atoms with Crippen LogP contribution in [0.4, 0.5) is 11.8 Å².